The minimum absolute atomic E-state index is 0.324. The maximum absolute atomic E-state index is 10.00. The first-order valence-corrected chi connectivity index (χ1v) is 6.98. The van der Waals surface area contributed by atoms with Crippen molar-refractivity contribution in [2.75, 3.05) is 7.11 Å². The van der Waals surface area contributed by atoms with Crippen LogP contribution in [-0.4, -0.2) is 22.2 Å². The summed E-state index contributed by atoms with van der Waals surface area (Å²) in [5, 5.41) is 12.3. The Kier molecular flexibility index (Phi) is 4.20. The van der Waals surface area contributed by atoms with Crippen molar-refractivity contribution in [3.63, 3.8) is 0 Å². The highest BCUT2D eigenvalue weighted by atomic mass is 35.5. The van der Waals surface area contributed by atoms with Crippen LogP contribution < -0.4 is 0 Å². The molecule has 19 heavy (non-hydrogen) atoms. The number of hydrogen-bond donors (Lipinski definition) is 1. The molecule has 1 unspecified atom stereocenters. The molecule has 102 valence electrons. The van der Waals surface area contributed by atoms with Gasteiger partial charge in [0.15, 0.2) is 0 Å². The molecular formula is C13H15ClN2O2S. The zero-order valence-corrected chi connectivity index (χ0v) is 12.5. The quantitative estimate of drug-likeness (QED) is 0.881. The van der Waals surface area contributed by atoms with Crippen molar-refractivity contribution in [1.82, 2.24) is 9.97 Å². The lowest BCUT2D eigenvalue weighted by Crippen LogP contribution is -2.14. The minimum atomic E-state index is -0.871. The second kappa shape index (κ2) is 5.54. The molecule has 0 saturated heterocycles. The number of rotatable bonds is 4. The first kappa shape index (κ1) is 14.4. The van der Waals surface area contributed by atoms with Crippen molar-refractivity contribution in [1.29, 1.82) is 0 Å². The molecule has 0 fully saturated rings. The predicted molar refractivity (Wildman–Crippen MR) is 75.5 cm³/mol. The van der Waals surface area contributed by atoms with Gasteiger partial charge in [0.2, 0.25) is 0 Å². The molecule has 0 aliphatic rings. The summed E-state index contributed by atoms with van der Waals surface area (Å²) >= 11 is 7.58. The van der Waals surface area contributed by atoms with Gasteiger partial charge in [-0.3, -0.25) is 0 Å². The maximum Gasteiger partial charge on any atom is 0.138 e. The fraction of sp³-hybridized carbons (Fsp3) is 0.385. The highest BCUT2D eigenvalue weighted by molar-refractivity contribution is 7.10. The van der Waals surface area contributed by atoms with Gasteiger partial charge in [0.25, 0.3) is 0 Å². The van der Waals surface area contributed by atoms with Gasteiger partial charge in [-0.05, 0) is 30.9 Å². The van der Waals surface area contributed by atoms with Crippen LogP contribution in [0.15, 0.2) is 24.0 Å². The van der Waals surface area contributed by atoms with E-state index < -0.39 is 5.60 Å². The van der Waals surface area contributed by atoms with Crippen LogP contribution in [0.1, 0.15) is 36.0 Å². The monoisotopic (exact) mass is 298 g/mol. The Balaban J connectivity index is 2.38. The summed E-state index contributed by atoms with van der Waals surface area (Å²) in [4.78, 5) is 8.89. The molecule has 0 spiro atoms. The molecule has 1 N–H and O–H groups in total. The number of halogens is 1. The first-order valence-electron chi connectivity index (χ1n) is 5.73. The number of nitrogens with zero attached hydrogens (tertiary/aromatic N) is 2. The van der Waals surface area contributed by atoms with Crippen LogP contribution in [0.4, 0.5) is 0 Å². The van der Waals surface area contributed by atoms with Crippen molar-refractivity contribution in [2.24, 2.45) is 0 Å². The smallest absolute Gasteiger partial charge is 0.138 e. The Hall–Kier alpha value is -1.01. The molecule has 4 nitrogen and oxygen atoms in total. The highest BCUT2D eigenvalue weighted by Crippen LogP contribution is 2.35. The molecule has 0 bridgehead atoms. The zero-order valence-electron chi connectivity index (χ0n) is 10.9. The van der Waals surface area contributed by atoms with E-state index in [2.05, 4.69) is 9.97 Å². The summed E-state index contributed by atoms with van der Waals surface area (Å²) in [7, 11) is 1.61. The average Bonchev–Trinajstić information content (AvgIpc) is 2.82. The average molecular weight is 299 g/mol. The van der Waals surface area contributed by atoms with Gasteiger partial charge in [0, 0.05) is 23.7 Å². The minimum Gasteiger partial charge on any atom is -0.386 e. The van der Waals surface area contributed by atoms with Crippen LogP contribution in [0.3, 0.4) is 0 Å². The van der Waals surface area contributed by atoms with E-state index in [0.29, 0.717) is 5.15 Å². The van der Waals surface area contributed by atoms with Crippen molar-refractivity contribution >= 4 is 22.9 Å². The van der Waals surface area contributed by atoms with Gasteiger partial charge in [0.1, 0.15) is 17.6 Å². The van der Waals surface area contributed by atoms with E-state index in [9.17, 15) is 5.11 Å². The molecule has 0 amide bonds. The molecule has 2 aromatic rings. The summed E-state index contributed by atoms with van der Waals surface area (Å²) in [6.07, 6.45) is 2.72. The number of methoxy groups -OCH3 is 1. The summed E-state index contributed by atoms with van der Waals surface area (Å²) in [5.74, 6) is 0. The number of ether oxygens (including phenoxy) is 1. The topological polar surface area (TPSA) is 55.2 Å². The predicted octanol–water partition coefficient (Wildman–Crippen LogP) is 3.15. The van der Waals surface area contributed by atoms with Crippen LogP contribution >= 0.6 is 22.9 Å². The van der Waals surface area contributed by atoms with Crippen LogP contribution in [0.25, 0.3) is 0 Å². The third-order valence-corrected chi connectivity index (χ3v) is 4.08. The van der Waals surface area contributed by atoms with E-state index >= 15 is 0 Å². The fourth-order valence-corrected chi connectivity index (χ4v) is 3.06. The van der Waals surface area contributed by atoms with Gasteiger partial charge in [-0.15, -0.1) is 11.3 Å². The van der Waals surface area contributed by atoms with Gasteiger partial charge in [0.05, 0.1) is 5.60 Å². The van der Waals surface area contributed by atoms with E-state index in [-0.39, 0.29) is 6.10 Å². The molecule has 2 rings (SSSR count). The Morgan fingerprint density at radius 2 is 2.21 bits per heavy atom. The van der Waals surface area contributed by atoms with E-state index in [1.54, 1.807) is 27.2 Å². The summed E-state index contributed by atoms with van der Waals surface area (Å²) in [6, 6.07) is 1.92. The Morgan fingerprint density at radius 3 is 2.74 bits per heavy atom. The molecule has 6 heteroatoms. The SMILES string of the molecule is COC(c1cc(C(C)(C)O)cs1)c1cncnc1Cl. The van der Waals surface area contributed by atoms with Gasteiger partial charge < -0.3 is 9.84 Å². The maximum atomic E-state index is 10.00. The van der Waals surface area contributed by atoms with E-state index in [1.807, 2.05) is 11.4 Å². The number of aliphatic hydroxyl groups is 1. The summed E-state index contributed by atoms with van der Waals surface area (Å²) in [6.45, 7) is 3.50. The van der Waals surface area contributed by atoms with Crippen molar-refractivity contribution in [3.05, 3.63) is 45.1 Å². The molecule has 2 aromatic heterocycles. The third-order valence-electron chi connectivity index (χ3n) is 2.79. The van der Waals surface area contributed by atoms with E-state index in [4.69, 9.17) is 16.3 Å². The largest absolute Gasteiger partial charge is 0.386 e. The first-order chi connectivity index (χ1) is 8.93. The molecule has 0 radical (unpaired) electrons. The van der Waals surface area contributed by atoms with Crippen LogP contribution in [0.2, 0.25) is 5.15 Å². The van der Waals surface area contributed by atoms with Crippen molar-refractivity contribution in [3.8, 4) is 0 Å². The van der Waals surface area contributed by atoms with Crippen LogP contribution in [0, 0.1) is 0 Å². The van der Waals surface area contributed by atoms with Gasteiger partial charge in [-0.2, -0.15) is 0 Å². The highest BCUT2D eigenvalue weighted by Gasteiger charge is 2.23. The number of aromatic nitrogens is 2. The number of hydrogen-bond acceptors (Lipinski definition) is 5. The fourth-order valence-electron chi connectivity index (χ4n) is 1.71. The van der Waals surface area contributed by atoms with Gasteiger partial charge >= 0.3 is 0 Å². The number of thiophene rings is 1. The summed E-state index contributed by atoms with van der Waals surface area (Å²) < 4.78 is 5.49. The third kappa shape index (κ3) is 3.12. The van der Waals surface area contributed by atoms with Crippen LogP contribution in [-0.2, 0) is 10.3 Å². The molecule has 1 atom stereocenters. The molecule has 0 saturated carbocycles. The molecular weight excluding hydrogens is 284 g/mol. The Labute approximate surface area is 121 Å². The zero-order chi connectivity index (χ0) is 14.0. The standard InChI is InChI=1S/C13H15ClN2O2S/c1-13(2,17)8-4-10(19-6-8)11(18-3)9-5-15-7-16-12(9)14/h4-7,11,17H,1-3H3. The second-order valence-electron chi connectivity index (χ2n) is 4.68. The lowest BCUT2D eigenvalue weighted by molar-refractivity contribution is 0.0787. The van der Waals surface area contributed by atoms with Crippen LogP contribution in [0.5, 0.6) is 0 Å². The second-order valence-corrected chi connectivity index (χ2v) is 5.98. The van der Waals surface area contributed by atoms with Gasteiger partial charge in [-0.1, -0.05) is 11.6 Å². The molecule has 2 heterocycles. The summed E-state index contributed by atoms with van der Waals surface area (Å²) in [5.41, 5.74) is 0.697. The molecule has 0 aliphatic carbocycles. The molecule has 0 aliphatic heterocycles. The van der Waals surface area contributed by atoms with Crippen molar-refractivity contribution < 1.29 is 9.84 Å². The Morgan fingerprint density at radius 1 is 1.47 bits per heavy atom. The van der Waals surface area contributed by atoms with E-state index in [0.717, 1.165) is 16.0 Å². The van der Waals surface area contributed by atoms with Crippen molar-refractivity contribution in [2.45, 2.75) is 25.6 Å². The van der Waals surface area contributed by atoms with Gasteiger partial charge in [-0.25, -0.2) is 9.97 Å². The lowest BCUT2D eigenvalue weighted by atomic mass is 10.0. The normalized spacial score (nSPS) is 13.5. The molecule has 0 aromatic carbocycles. The van der Waals surface area contributed by atoms with E-state index in [1.165, 1.54) is 17.7 Å². The Bertz CT molecular complexity index is 566. The lowest BCUT2D eigenvalue weighted by Gasteiger charge is -2.16.